The predicted octanol–water partition coefficient (Wildman–Crippen LogP) is 2.76. The minimum absolute atomic E-state index is 0.131. The summed E-state index contributed by atoms with van der Waals surface area (Å²) < 4.78 is 5.09. The number of nitrogens with one attached hydrogen (secondary N) is 1. The first kappa shape index (κ1) is 14.8. The molecule has 2 aromatic rings. The first-order chi connectivity index (χ1) is 9.91. The molecular weight excluding hydrogens is 270 g/mol. The maximum absolute atomic E-state index is 12.1. The Morgan fingerprint density at radius 2 is 1.86 bits per heavy atom. The van der Waals surface area contributed by atoms with Crippen molar-refractivity contribution in [2.75, 3.05) is 0 Å². The topological polar surface area (TPSA) is 79.5 Å². The molecule has 0 aliphatic rings. The van der Waals surface area contributed by atoms with Gasteiger partial charge in [-0.2, -0.15) is 0 Å². The maximum atomic E-state index is 12.1. The molecule has 1 atom stereocenters. The largest absolute Gasteiger partial charge is 0.479 e. The Hall–Kier alpha value is -2.56. The van der Waals surface area contributed by atoms with Crippen LogP contribution in [0.25, 0.3) is 0 Å². The zero-order valence-corrected chi connectivity index (χ0v) is 12.1. The number of benzene rings is 1. The standard InChI is InChI=1S/C16H17NO4/c1-9-5-4-6-12(11(9)3)13(16(19)20)17-15(18)14-10(2)7-8-21-14/h4-8,13H,1-3H3,(H,17,18)(H,19,20). The smallest absolute Gasteiger partial charge is 0.330 e. The average molecular weight is 287 g/mol. The van der Waals surface area contributed by atoms with Crippen LogP contribution in [0.2, 0.25) is 0 Å². The van der Waals surface area contributed by atoms with E-state index >= 15 is 0 Å². The average Bonchev–Trinajstić information content (AvgIpc) is 2.85. The van der Waals surface area contributed by atoms with Crippen LogP contribution in [0, 0.1) is 20.8 Å². The monoisotopic (exact) mass is 287 g/mol. The molecule has 0 spiro atoms. The van der Waals surface area contributed by atoms with Crippen molar-refractivity contribution in [2.24, 2.45) is 0 Å². The number of carbonyl (C=O) groups excluding carboxylic acids is 1. The van der Waals surface area contributed by atoms with Gasteiger partial charge in [0.15, 0.2) is 11.8 Å². The van der Waals surface area contributed by atoms with Gasteiger partial charge in [0.1, 0.15) is 0 Å². The number of rotatable bonds is 4. The summed E-state index contributed by atoms with van der Waals surface area (Å²) in [6.45, 7) is 5.47. The lowest BCUT2D eigenvalue weighted by atomic mass is 9.97. The normalized spacial score (nSPS) is 12.0. The summed E-state index contributed by atoms with van der Waals surface area (Å²) >= 11 is 0. The summed E-state index contributed by atoms with van der Waals surface area (Å²) in [7, 11) is 0. The van der Waals surface area contributed by atoms with E-state index in [0.717, 1.165) is 11.1 Å². The Balaban J connectivity index is 2.33. The van der Waals surface area contributed by atoms with Crippen LogP contribution in [-0.2, 0) is 4.79 Å². The molecule has 0 saturated carbocycles. The first-order valence-corrected chi connectivity index (χ1v) is 6.55. The maximum Gasteiger partial charge on any atom is 0.330 e. The molecule has 2 rings (SSSR count). The van der Waals surface area contributed by atoms with Gasteiger partial charge in [0.05, 0.1) is 6.26 Å². The lowest BCUT2D eigenvalue weighted by molar-refractivity contribution is -0.139. The molecule has 2 N–H and O–H groups in total. The molecule has 0 radical (unpaired) electrons. The van der Waals surface area contributed by atoms with Gasteiger partial charge in [-0.25, -0.2) is 4.79 Å². The fourth-order valence-corrected chi connectivity index (χ4v) is 2.16. The molecule has 0 saturated heterocycles. The summed E-state index contributed by atoms with van der Waals surface area (Å²) in [4.78, 5) is 23.7. The van der Waals surface area contributed by atoms with Crippen LogP contribution in [0.15, 0.2) is 34.9 Å². The third kappa shape index (κ3) is 2.97. The fraction of sp³-hybridized carbons (Fsp3) is 0.250. The number of carbonyl (C=O) groups is 2. The van der Waals surface area contributed by atoms with Crippen LogP contribution in [0.1, 0.15) is 38.9 Å². The van der Waals surface area contributed by atoms with E-state index in [-0.39, 0.29) is 5.76 Å². The van der Waals surface area contributed by atoms with Crippen LogP contribution in [-0.4, -0.2) is 17.0 Å². The summed E-state index contributed by atoms with van der Waals surface area (Å²) in [5, 5.41) is 11.9. The number of amides is 1. The van der Waals surface area contributed by atoms with Crippen LogP contribution in [0.5, 0.6) is 0 Å². The van der Waals surface area contributed by atoms with E-state index in [1.54, 1.807) is 25.1 Å². The molecule has 1 heterocycles. The molecule has 0 aliphatic heterocycles. The van der Waals surface area contributed by atoms with Gasteiger partial charge in [0.2, 0.25) is 0 Å². The molecule has 110 valence electrons. The molecule has 1 unspecified atom stereocenters. The van der Waals surface area contributed by atoms with Gasteiger partial charge in [-0.3, -0.25) is 4.79 Å². The number of hydrogen-bond donors (Lipinski definition) is 2. The second-order valence-corrected chi connectivity index (χ2v) is 4.97. The number of hydrogen-bond acceptors (Lipinski definition) is 3. The minimum atomic E-state index is -1.11. The molecule has 0 bridgehead atoms. The van der Waals surface area contributed by atoms with Crippen LogP contribution >= 0.6 is 0 Å². The number of carboxylic acids is 1. The van der Waals surface area contributed by atoms with Crippen molar-refractivity contribution in [1.82, 2.24) is 5.32 Å². The van der Waals surface area contributed by atoms with Gasteiger partial charge in [-0.15, -0.1) is 0 Å². The second-order valence-electron chi connectivity index (χ2n) is 4.97. The minimum Gasteiger partial charge on any atom is -0.479 e. The van der Waals surface area contributed by atoms with Crippen molar-refractivity contribution in [3.05, 3.63) is 58.5 Å². The van der Waals surface area contributed by atoms with Gasteiger partial charge < -0.3 is 14.8 Å². The van der Waals surface area contributed by atoms with Crippen molar-refractivity contribution < 1.29 is 19.1 Å². The molecule has 5 heteroatoms. The van der Waals surface area contributed by atoms with Gasteiger partial charge in [0.25, 0.3) is 5.91 Å². The first-order valence-electron chi connectivity index (χ1n) is 6.55. The highest BCUT2D eigenvalue weighted by Gasteiger charge is 2.26. The highest BCUT2D eigenvalue weighted by Crippen LogP contribution is 2.21. The Labute approximate surface area is 122 Å². The van der Waals surface area contributed by atoms with Crippen molar-refractivity contribution >= 4 is 11.9 Å². The molecule has 1 amide bonds. The van der Waals surface area contributed by atoms with Crippen molar-refractivity contribution in [2.45, 2.75) is 26.8 Å². The third-order valence-corrected chi connectivity index (χ3v) is 3.55. The van der Waals surface area contributed by atoms with Gasteiger partial charge in [-0.1, -0.05) is 18.2 Å². The fourth-order valence-electron chi connectivity index (χ4n) is 2.16. The SMILES string of the molecule is Cc1ccoc1C(=O)NC(C(=O)O)c1cccc(C)c1C. The van der Waals surface area contributed by atoms with Crippen molar-refractivity contribution in [3.63, 3.8) is 0 Å². The summed E-state index contributed by atoms with van der Waals surface area (Å²) in [6, 6.07) is 5.93. The van der Waals surface area contributed by atoms with Gasteiger partial charge >= 0.3 is 5.97 Å². The molecule has 0 aliphatic carbocycles. The predicted molar refractivity (Wildman–Crippen MR) is 77.2 cm³/mol. The number of aryl methyl sites for hydroxylation is 2. The second kappa shape index (κ2) is 5.83. The van der Waals surface area contributed by atoms with Crippen LogP contribution < -0.4 is 5.32 Å². The molecule has 5 nitrogen and oxygen atoms in total. The van der Waals surface area contributed by atoms with Crippen molar-refractivity contribution in [3.8, 4) is 0 Å². The van der Waals surface area contributed by atoms with E-state index in [0.29, 0.717) is 11.1 Å². The van der Waals surface area contributed by atoms with Crippen LogP contribution in [0.3, 0.4) is 0 Å². The highest BCUT2D eigenvalue weighted by atomic mass is 16.4. The summed E-state index contributed by atoms with van der Waals surface area (Å²) in [5.74, 6) is -1.52. The van der Waals surface area contributed by atoms with Crippen molar-refractivity contribution in [1.29, 1.82) is 0 Å². The zero-order valence-electron chi connectivity index (χ0n) is 12.1. The quantitative estimate of drug-likeness (QED) is 0.906. The van der Waals surface area contributed by atoms with E-state index in [1.807, 2.05) is 19.9 Å². The molecule has 0 fully saturated rings. The Kier molecular flexibility index (Phi) is 4.12. The number of carboxylic acid groups (broad SMARTS) is 1. The van der Waals surface area contributed by atoms with E-state index in [4.69, 9.17) is 4.42 Å². The lowest BCUT2D eigenvalue weighted by Gasteiger charge is -2.17. The summed E-state index contributed by atoms with van der Waals surface area (Å²) in [5.41, 5.74) is 3.06. The highest BCUT2D eigenvalue weighted by molar-refractivity contribution is 5.95. The van der Waals surface area contributed by atoms with E-state index in [2.05, 4.69) is 5.32 Å². The van der Waals surface area contributed by atoms with Gasteiger partial charge in [0, 0.05) is 5.56 Å². The molecule has 21 heavy (non-hydrogen) atoms. The zero-order chi connectivity index (χ0) is 15.6. The molecular formula is C16H17NO4. The Morgan fingerprint density at radius 1 is 1.14 bits per heavy atom. The Bertz CT molecular complexity index is 687. The number of furan rings is 1. The Morgan fingerprint density at radius 3 is 2.43 bits per heavy atom. The molecule has 1 aromatic heterocycles. The number of aliphatic carboxylic acids is 1. The van der Waals surface area contributed by atoms with Gasteiger partial charge in [-0.05, 0) is 43.5 Å². The third-order valence-electron chi connectivity index (χ3n) is 3.55. The molecule has 1 aromatic carbocycles. The van der Waals surface area contributed by atoms with Crippen LogP contribution in [0.4, 0.5) is 0 Å². The van der Waals surface area contributed by atoms with E-state index in [9.17, 15) is 14.7 Å². The summed E-state index contributed by atoms with van der Waals surface area (Å²) in [6.07, 6.45) is 1.40. The van der Waals surface area contributed by atoms with E-state index < -0.39 is 17.9 Å². The van der Waals surface area contributed by atoms with E-state index in [1.165, 1.54) is 6.26 Å². The lowest BCUT2D eigenvalue weighted by Crippen LogP contribution is -2.34.